The highest BCUT2D eigenvalue weighted by atomic mass is 16.6. The summed E-state index contributed by atoms with van der Waals surface area (Å²) in [7, 11) is 0. The second-order valence-electron chi connectivity index (χ2n) is 7.37. The van der Waals surface area contributed by atoms with Gasteiger partial charge in [-0.1, -0.05) is 66.7 Å². The number of nitrogens with one attached hydrogen (secondary N) is 1. The van der Waals surface area contributed by atoms with E-state index in [-0.39, 0.29) is 17.0 Å². The normalized spacial score (nSPS) is 11.1. The molecule has 8 heteroatoms. The van der Waals surface area contributed by atoms with Crippen LogP contribution in [0.15, 0.2) is 102 Å². The molecule has 0 fully saturated rings. The molecule has 4 aromatic rings. The molecule has 0 spiro atoms. The lowest BCUT2D eigenvalue weighted by atomic mass is 10.0. The summed E-state index contributed by atoms with van der Waals surface area (Å²) in [5.41, 5.74) is 3.60. The van der Waals surface area contributed by atoms with Crippen molar-refractivity contribution in [3.05, 3.63) is 124 Å². The average molecular weight is 465 g/mol. The molecule has 1 amide bonds. The zero-order valence-electron chi connectivity index (χ0n) is 18.3. The molecule has 0 aliphatic heterocycles. The van der Waals surface area contributed by atoms with Gasteiger partial charge < -0.3 is 4.74 Å². The van der Waals surface area contributed by atoms with Gasteiger partial charge in [-0.15, -0.1) is 0 Å². The molecule has 0 aliphatic rings. The number of hydrogen-bond acceptors (Lipinski definition) is 6. The van der Waals surface area contributed by atoms with E-state index in [0.717, 1.165) is 16.3 Å². The molecule has 0 aromatic heterocycles. The van der Waals surface area contributed by atoms with Gasteiger partial charge in [-0.2, -0.15) is 5.10 Å². The Morgan fingerprint density at radius 3 is 2.46 bits per heavy atom. The monoisotopic (exact) mass is 465 g/mol. The highest BCUT2D eigenvalue weighted by molar-refractivity contribution is 6.07. The summed E-state index contributed by atoms with van der Waals surface area (Å²) < 4.78 is 5.35. The van der Waals surface area contributed by atoms with Crippen LogP contribution in [-0.2, 0) is 4.79 Å². The first-order valence-electron chi connectivity index (χ1n) is 10.6. The molecule has 4 rings (SSSR count). The predicted molar refractivity (Wildman–Crippen MR) is 133 cm³/mol. The molecule has 172 valence electrons. The van der Waals surface area contributed by atoms with Gasteiger partial charge in [0.2, 0.25) is 0 Å². The zero-order chi connectivity index (χ0) is 24.6. The van der Waals surface area contributed by atoms with E-state index in [1.165, 1.54) is 30.5 Å². The summed E-state index contributed by atoms with van der Waals surface area (Å²) in [5, 5.41) is 16.8. The maximum absolute atomic E-state index is 12.7. The number of hydrazone groups is 1. The van der Waals surface area contributed by atoms with E-state index in [1.54, 1.807) is 18.2 Å². The van der Waals surface area contributed by atoms with Crippen LogP contribution < -0.4 is 10.2 Å². The van der Waals surface area contributed by atoms with Crippen LogP contribution in [-0.4, -0.2) is 23.0 Å². The second-order valence-corrected chi connectivity index (χ2v) is 7.37. The SMILES string of the molecule is O=C(/C=C/c1ccccc1)Oc1ccc([N+](=O)[O-])cc1/C=N/NC(=O)c1cccc2ccccc12. The quantitative estimate of drug-likeness (QED) is 0.102. The van der Waals surface area contributed by atoms with Crippen LogP contribution in [0.5, 0.6) is 5.75 Å². The number of hydrogen-bond donors (Lipinski definition) is 1. The fraction of sp³-hybridized carbons (Fsp3) is 0. The number of amides is 1. The number of carbonyl (C=O) groups excluding carboxylic acids is 2. The van der Waals surface area contributed by atoms with Gasteiger partial charge in [0.05, 0.1) is 11.1 Å². The smallest absolute Gasteiger partial charge is 0.336 e. The van der Waals surface area contributed by atoms with Gasteiger partial charge in [-0.25, -0.2) is 10.2 Å². The van der Waals surface area contributed by atoms with Crippen molar-refractivity contribution in [1.29, 1.82) is 0 Å². The Hall–Kier alpha value is -5.11. The highest BCUT2D eigenvalue weighted by Crippen LogP contribution is 2.23. The molecule has 0 atom stereocenters. The largest absolute Gasteiger partial charge is 0.423 e. The summed E-state index contributed by atoms with van der Waals surface area (Å²) in [4.78, 5) is 35.6. The minimum Gasteiger partial charge on any atom is -0.423 e. The minimum atomic E-state index is -0.669. The number of rotatable bonds is 7. The molecular formula is C27H19N3O5. The lowest BCUT2D eigenvalue weighted by Gasteiger charge is -2.07. The fourth-order valence-electron chi connectivity index (χ4n) is 3.36. The predicted octanol–water partition coefficient (Wildman–Crippen LogP) is 5.13. The second kappa shape index (κ2) is 10.7. The molecule has 35 heavy (non-hydrogen) atoms. The van der Waals surface area contributed by atoms with Gasteiger partial charge in [-0.3, -0.25) is 14.9 Å². The maximum Gasteiger partial charge on any atom is 0.336 e. The minimum absolute atomic E-state index is 0.0569. The van der Waals surface area contributed by atoms with Crippen LogP contribution in [0.25, 0.3) is 16.8 Å². The molecule has 0 unspecified atom stereocenters. The number of non-ortho nitro benzene ring substituents is 1. The van der Waals surface area contributed by atoms with Crippen molar-refractivity contribution in [3.8, 4) is 5.75 Å². The number of nitro groups is 1. The van der Waals surface area contributed by atoms with Crippen LogP contribution in [0, 0.1) is 10.1 Å². The lowest BCUT2D eigenvalue weighted by molar-refractivity contribution is -0.384. The van der Waals surface area contributed by atoms with E-state index >= 15 is 0 Å². The molecule has 0 bridgehead atoms. The van der Waals surface area contributed by atoms with E-state index in [1.807, 2.05) is 60.7 Å². The van der Waals surface area contributed by atoms with Crippen molar-refractivity contribution >= 4 is 40.6 Å². The molecule has 0 saturated heterocycles. The first kappa shape index (κ1) is 23.1. The summed E-state index contributed by atoms with van der Waals surface area (Å²) in [6, 6.07) is 25.7. The average Bonchev–Trinajstić information content (AvgIpc) is 2.88. The Balaban J connectivity index is 1.53. The van der Waals surface area contributed by atoms with Crippen molar-refractivity contribution in [2.75, 3.05) is 0 Å². The topological polar surface area (TPSA) is 111 Å². The van der Waals surface area contributed by atoms with Gasteiger partial charge in [0.1, 0.15) is 5.75 Å². The Bertz CT molecular complexity index is 1460. The van der Waals surface area contributed by atoms with E-state index in [9.17, 15) is 19.7 Å². The molecule has 0 radical (unpaired) electrons. The zero-order valence-corrected chi connectivity index (χ0v) is 18.3. The van der Waals surface area contributed by atoms with Gasteiger partial charge >= 0.3 is 5.97 Å². The van der Waals surface area contributed by atoms with Gasteiger partial charge in [0, 0.05) is 29.3 Å². The van der Waals surface area contributed by atoms with Crippen molar-refractivity contribution in [2.24, 2.45) is 5.10 Å². The first-order chi connectivity index (χ1) is 17.0. The highest BCUT2D eigenvalue weighted by Gasteiger charge is 2.13. The number of ether oxygens (including phenoxy) is 1. The number of carbonyl (C=O) groups is 2. The Morgan fingerprint density at radius 1 is 0.914 bits per heavy atom. The summed E-state index contributed by atoms with van der Waals surface area (Å²) in [5.74, 6) is -1.06. The molecule has 0 heterocycles. The molecule has 8 nitrogen and oxygen atoms in total. The van der Waals surface area contributed by atoms with Gasteiger partial charge in [0.15, 0.2) is 0 Å². The molecule has 0 saturated carbocycles. The Kier molecular flexibility index (Phi) is 7.03. The molecular weight excluding hydrogens is 446 g/mol. The van der Waals surface area contributed by atoms with Crippen LogP contribution >= 0.6 is 0 Å². The number of nitro benzene ring substituents is 1. The van der Waals surface area contributed by atoms with Crippen molar-refractivity contribution in [2.45, 2.75) is 0 Å². The van der Waals surface area contributed by atoms with E-state index in [4.69, 9.17) is 4.74 Å². The molecule has 4 aromatic carbocycles. The van der Waals surface area contributed by atoms with E-state index in [2.05, 4.69) is 10.5 Å². The fourth-order valence-corrected chi connectivity index (χ4v) is 3.36. The van der Waals surface area contributed by atoms with Crippen LogP contribution in [0.3, 0.4) is 0 Å². The van der Waals surface area contributed by atoms with Gasteiger partial charge in [-0.05, 0) is 34.5 Å². The van der Waals surface area contributed by atoms with Crippen molar-refractivity contribution in [1.82, 2.24) is 5.43 Å². The number of nitrogens with zero attached hydrogens (tertiary/aromatic N) is 2. The van der Waals surface area contributed by atoms with E-state index < -0.39 is 16.8 Å². The maximum atomic E-state index is 12.7. The first-order valence-corrected chi connectivity index (χ1v) is 10.6. The third kappa shape index (κ3) is 5.82. The number of benzene rings is 4. The third-order valence-electron chi connectivity index (χ3n) is 5.03. The van der Waals surface area contributed by atoms with Crippen molar-refractivity contribution < 1.29 is 19.2 Å². The summed E-state index contributed by atoms with van der Waals surface area (Å²) in [6.07, 6.45) is 4.03. The number of esters is 1. The molecule has 0 aliphatic carbocycles. The van der Waals surface area contributed by atoms with Crippen LogP contribution in [0.4, 0.5) is 5.69 Å². The molecule has 1 N–H and O–H groups in total. The number of fused-ring (bicyclic) bond motifs is 1. The summed E-state index contributed by atoms with van der Waals surface area (Å²) in [6.45, 7) is 0. The van der Waals surface area contributed by atoms with Crippen LogP contribution in [0.1, 0.15) is 21.5 Å². The van der Waals surface area contributed by atoms with Crippen molar-refractivity contribution in [3.63, 3.8) is 0 Å². The van der Waals surface area contributed by atoms with Gasteiger partial charge in [0.25, 0.3) is 11.6 Å². The Morgan fingerprint density at radius 2 is 1.66 bits per heavy atom. The Labute approximate surface area is 200 Å². The third-order valence-corrected chi connectivity index (χ3v) is 5.03. The van der Waals surface area contributed by atoms with E-state index in [0.29, 0.717) is 5.56 Å². The lowest BCUT2D eigenvalue weighted by Crippen LogP contribution is -2.18. The standard InChI is InChI=1S/C27H19N3O5/c31-26(16-13-19-7-2-1-3-8-19)35-25-15-14-22(30(33)34)17-21(25)18-28-29-27(32)24-12-6-10-20-9-4-5-11-23(20)24/h1-18H,(H,29,32)/b16-13+,28-18+. The van der Waals surface area contributed by atoms with Crippen LogP contribution in [0.2, 0.25) is 0 Å². The summed E-state index contributed by atoms with van der Waals surface area (Å²) >= 11 is 0.